The Hall–Kier alpha value is -2.62. The standard InChI is InChI=1S/C20H23NO3/c1-3-15-10-8-9-13-18(15)21-19(22)14-24-20(23)17(4-2)16-11-6-5-7-12-16/h5-13,17H,3-4,14H2,1-2H3,(H,21,22)/t17-/m0/s1. The maximum atomic E-state index is 12.3. The highest BCUT2D eigenvalue weighted by Crippen LogP contribution is 2.21. The number of aryl methyl sites for hydroxylation is 1. The van der Waals surface area contributed by atoms with Crippen LogP contribution >= 0.6 is 0 Å². The highest BCUT2D eigenvalue weighted by Gasteiger charge is 2.21. The van der Waals surface area contributed by atoms with Gasteiger partial charge in [0.25, 0.3) is 5.91 Å². The van der Waals surface area contributed by atoms with Gasteiger partial charge in [-0.15, -0.1) is 0 Å². The number of anilines is 1. The first-order chi connectivity index (χ1) is 11.7. The van der Waals surface area contributed by atoms with Crippen LogP contribution in [0.3, 0.4) is 0 Å². The van der Waals surface area contributed by atoms with Crippen molar-refractivity contribution in [3.63, 3.8) is 0 Å². The SMILES string of the molecule is CCc1ccccc1NC(=O)COC(=O)[C@@H](CC)c1ccccc1. The molecule has 0 saturated carbocycles. The van der Waals surface area contributed by atoms with Crippen LogP contribution in [-0.2, 0) is 20.7 Å². The normalized spacial score (nSPS) is 11.6. The van der Waals surface area contributed by atoms with Crippen LogP contribution < -0.4 is 5.32 Å². The molecule has 0 fully saturated rings. The topological polar surface area (TPSA) is 55.4 Å². The van der Waals surface area contributed by atoms with Crippen LogP contribution in [0.2, 0.25) is 0 Å². The summed E-state index contributed by atoms with van der Waals surface area (Å²) in [4.78, 5) is 24.3. The molecular formula is C20H23NO3. The number of esters is 1. The summed E-state index contributed by atoms with van der Waals surface area (Å²) >= 11 is 0. The van der Waals surface area contributed by atoms with E-state index >= 15 is 0 Å². The number of ether oxygens (including phenoxy) is 1. The number of benzene rings is 2. The zero-order valence-electron chi connectivity index (χ0n) is 14.1. The highest BCUT2D eigenvalue weighted by atomic mass is 16.5. The van der Waals surface area contributed by atoms with Crippen LogP contribution in [0.4, 0.5) is 5.69 Å². The molecule has 0 bridgehead atoms. The van der Waals surface area contributed by atoms with Crippen molar-refractivity contribution in [1.82, 2.24) is 0 Å². The summed E-state index contributed by atoms with van der Waals surface area (Å²) < 4.78 is 5.21. The molecule has 4 heteroatoms. The summed E-state index contributed by atoms with van der Waals surface area (Å²) in [5, 5.41) is 2.80. The van der Waals surface area contributed by atoms with Crippen LogP contribution in [0, 0.1) is 0 Å². The van der Waals surface area contributed by atoms with E-state index in [0.717, 1.165) is 23.2 Å². The first-order valence-corrected chi connectivity index (χ1v) is 8.25. The van der Waals surface area contributed by atoms with Gasteiger partial charge in [0.1, 0.15) is 0 Å². The molecule has 0 radical (unpaired) electrons. The van der Waals surface area contributed by atoms with E-state index < -0.39 is 0 Å². The monoisotopic (exact) mass is 325 g/mol. The number of hydrogen-bond donors (Lipinski definition) is 1. The third-order valence-corrected chi connectivity index (χ3v) is 3.91. The van der Waals surface area contributed by atoms with Crippen LogP contribution in [0.5, 0.6) is 0 Å². The molecule has 0 heterocycles. The summed E-state index contributed by atoms with van der Waals surface area (Å²) in [7, 11) is 0. The van der Waals surface area contributed by atoms with E-state index in [1.54, 1.807) is 0 Å². The molecule has 0 saturated heterocycles. The Balaban J connectivity index is 1.92. The number of rotatable bonds is 7. The van der Waals surface area contributed by atoms with Crippen molar-refractivity contribution in [2.45, 2.75) is 32.6 Å². The Morgan fingerprint density at radius 1 is 1.00 bits per heavy atom. The van der Waals surface area contributed by atoms with E-state index in [1.807, 2.05) is 68.4 Å². The predicted octanol–water partition coefficient (Wildman–Crippen LogP) is 3.92. The van der Waals surface area contributed by atoms with Gasteiger partial charge in [-0.3, -0.25) is 9.59 Å². The van der Waals surface area contributed by atoms with Gasteiger partial charge in [0.15, 0.2) is 6.61 Å². The Morgan fingerprint density at radius 2 is 1.67 bits per heavy atom. The molecule has 0 aliphatic heterocycles. The lowest BCUT2D eigenvalue weighted by molar-refractivity contribution is -0.149. The lowest BCUT2D eigenvalue weighted by Crippen LogP contribution is -2.24. The molecule has 0 aliphatic carbocycles. The summed E-state index contributed by atoms with van der Waals surface area (Å²) in [5.74, 6) is -1.04. The molecule has 0 aromatic heterocycles. The van der Waals surface area contributed by atoms with Gasteiger partial charge in [0.2, 0.25) is 0 Å². The lowest BCUT2D eigenvalue weighted by atomic mass is 9.97. The number of para-hydroxylation sites is 1. The smallest absolute Gasteiger partial charge is 0.313 e. The zero-order chi connectivity index (χ0) is 17.4. The summed E-state index contributed by atoms with van der Waals surface area (Å²) in [5.41, 5.74) is 2.71. The molecule has 2 aromatic rings. The molecule has 2 aromatic carbocycles. The van der Waals surface area contributed by atoms with E-state index in [2.05, 4.69) is 5.32 Å². The minimum atomic E-state index is -0.373. The van der Waals surface area contributed by atoms with Crippen molar-refractivity contribution in [2.75, 3.05) is 11.9 Å². The predicted molar refractivity (Wildman–Crippen MR) is 94.9 cm³/mol. The van der Waals surface area contributed by atoms with Crippen LogP contribution in [0.15, 0.2) is 54.6 Å². The molecule has 4 nitrogen and oxygen atoms in total. The second kappa shape index (κ2) is 8.87. The van der Waals surface area contributed by atoms with E-state index in [1.165, 1.54) is 0 Å². The molecule has 24 heavy (non-hydrogen) atoms. The Labute approximate surface area is 142 Å². The maximum Gasteiger partial charge on any atom is 0.313 e. The van der Waals surface area contributed by atoms with Crippen molar-refractivity contribution in [3.05, 3.63) is 65.7 Å². The maximum absolute atomic E-state index is 12.3. The fraction of sp³-hybridized carbons (Fsp3) is 0.300. The van der Waals surface area contributed by atoms with Crippen molar-refractivity contribution < 1.29 is 14.3 Å². The van der Waals surface area contributed by atoms with Crippen molar-refractivity contribution in [2.24, 2.45) is 0 Å². The zero-order valence-corrected chi connectivity index (χ0v) is 14.1. The van der Waals surface area contributed by atoms with Gasteiger partial charge in [0.05, 0.1) is 5.92 Å². The molecular weight excluding hydrogens is 302 g/mol. The van der Waals surface area contributed by atoms with E-state index in [4.69, 9.17) is 4.74 Å². The quantitative estimate of drug-likeness (QED) is 0.785. The molecule has 1 amide bonds. The molecule has 1 atom stereocenters. The van der Waals surface area contributed by atoms with Gasteiger partial charge >= 0.3 is 5.97 Å². The Bertz CT molecular complexity index is 682. The first kappa shape index (κ1) is 17.7. The van der Waals surface area contributed by atoms with Gasteiger partial charge in [-0.05, 0) is 30.0 Å². The van der Waals surface area contributed by atoms with Crippen LogP contribution in [0.25, 0.3) is 0 Å². The Kier molecular flexibility index (Phi) is 6.55. The van der Waals surface area contributed by atoms with Crippen molar-refractivity contribution in [1.29, 1.82) is 0 Å². The van der Waals surface area contributed by atoms with Gasteiger partial charge in [-0.25, -0.2) is 0 Å². The fourth-order valence-electron chi connectivity index (χ4n) is 2.60. The van der Waals surface area contributed by atoms with E-state index in [9.17, 15) is 9.59 Å². The largest absolute Gasteiger partial charge is 0.455 e. The molecule has 126 valence electrons. The average Bonchev–Trinajstić information content (AvgIpc) is 2.62. The minimum absolute atomic E-state index is 0.278. The van der Waals surface area contributed by atoms with Crippen LogP contribution in [-0.4, -0.2) is 18.5 Å². The molecule has 0 unspecified atom stereocenters. The van der Waals surface area contributed by atoms with E-state index in [-0.39, 0.29) is 24.4 Å². The van der Waals surface area contributed by atoms with Crippen molar-refractivity contribution >= 4 is 17.6 Å². The average molecular weight is 325 g/mol. The van der Waals surface area contributed by atoms with Gasteiger partial charge in [0, 0.05) is 5.69 Å². The molecule has 2 rings (SSSR count). The summed E-state index contributed by atoms with van der Waals surface area (Å²) in [6.07, 6.45) is 1.45. The number of amides is 1. The molecule has 0 aliphatic rings. The summed E-state index contributed by atoms with van der Waals surface area (Å²) in [6, 6.07) is 17.1. The third kappa shape index (κ3) is 4.69. The van der Waals surface area contributed by atoms with Crippen LogP contribution in [0.1, 0.15) is 37.3 Å². The number of hydrogen-bond acceptors (Lipinski definition) is 3. The fourth-order valence-corrected chi connectivity index (χ4v) is 2.60. The summed E-state index contributed by atoms with van der Waals surface area (Å²) in [6.45, 7) is 3.67. The van der Waals surface area contributed by atoms with Gasteiger partial charge in [-0.1, -0.05) is 62.4 Å². The third-order valence-electron chi connectivity index (χ3n) is 3.91. The van der Waals surface area contributed by atoms with E-state index in [0.29, 0.717) is 6.42 Å². The van der Waals surface area contributed by atoms with Crippen molar-refractivity contribution in [3.8, 4) is 0 Å². The Morgan fingerprint density at radius 3 is 2.33 bits per heavy atom. The molecule has 1 N–H and O–H groups in total. The molecule has 0 spiro atoms. The second-order valence-electron chi connectivity index (χ2n) is 5.54. The second-order valence-corrected chi connectivity index (χ2v) is 5.54. The lowest BCUT2D eigenvalue weighted by Gasteiger charge is -2.15. The highest BCUT2D eigenvalue weighted by molar-refractivity contribution is 5.93. The number of carbonyl (C=O) groups is 2. The number of carbonyl (C=O) groups excluding carboxylic acids is 2. The first-order valence-electron chi connectivity index (χ1n) is 8.25. The number of nitrogens with one attached hydrogen (secondary N) is 1. The van der Waals surface area contributed by atoms with Gasteiger partial charge in [-0.2, -0.15) is 0 Å². The van der Waals surface area contributed by atoms with Gasteiger partial charge < -0.3 is 10.1 Å². The minimum Gasteiger partial charge on any atom is -0.455 e.